The van der Waals surface area contributed by atoms with Crippen molar-refractivity contribution >= 4 is 82.7 Å². The van der Waals surface area contributed by atoms with E-state index in [9.17, 15) is 0 Å². The van der Waals surface area contributed by atoms with E-state index in [0.29, 0.717) is 0 Å². The lowest BCUT2D eigenvalue weighted by molar-refractivity contribution is 0.668. The zero-order valence-electron chi connectivity index (χ0n) is 31.3. The normalized spacial score (nSPS) is 11.8. The molecule has 3 heterocycles. The zero-order valence-corrected chi connectivity index (χ0v) is 31.3. The van der Waals surface area contributed by atoms with Gasteiger partial charge in [-0.3, -0.25) is 0 Å². The number of rotatable bonds is 6. The van der Waals surface area contributed by atoms with Crippen molar-refractivity contribution in [1.82, 2.24) is 4.57 Å². The number of anilines is 3. The molecule has 0 amide bonds. The molecule has 0 aliphatic rings. The van der Waals surface area contributed by atoms with Gasteiger partial charge in [0.15, 0.2) is 5.58 Å². The van der Waals surface area contributed by atoms with Crippen LogP contribution in [0.2, 0.25) is 0 Å². The molecule has 0 aliphatic carbocycles. The summed E-state index contributed by atoms with van der Waals surface area (Å²) >= 11 is 0. The minimum absolute atomic E-state index is 0.847. The Labute approximate surface area is 334 Å². The molecule has 3 aromatic heterocycles. The summed E-state index contributed by atoms with van der Waals surface area (Å²) in [4.78, 5) is 2.37. The molecule has 58 heavy (non-hydrogen) atoms. The van der Waals surface area contributed by atoms with Gasteiger partial charge in [0, 0.05) is 49.1 Å². The lowest BCUT2D eigenvalue weighted by Crippen LogP contribution is -2.11. The minimum atomic E-state index is 0.847. The summed E-state index contributed by atoms with van der Waals surface area (Å²) in [5.74, 6) is 0. The summed E-state index contributed by atoms with van der Waals surface area (Å²) < 4.78 is 15.4. The van der Waals surface area contributed by atoms with Gasteiger partial charge < -0.3 is 18.3 Å². The molecule has 4 nitrogen and oxygen atoms in total. The highest BCUT2D eigenvalue weighted by molar-refractivity contribution is 6.14. The quantitative estimate of drug-likeness (QED) is 0.170. The smallest absolute Gasteiger partial charge is 0.159 e. The second-order valence-electron chi connectivity index (χ2n) is 14.9. The zero-order chi connectivity index (χ0) is 38.2. The maximum absolute atomic E-state index is 6.74. The molecule has 0 spiro atoms. The van der Waals surface area contributed by atoms with Gasteiger partial charge in [0.2, 0.25) is 0 Å². The third kappa shape index (κ3) is 4.95. The maximum Gasteiger partial charge on any atom is 0.159 e. The Hall–Kier alpha value is -7.82. The van der Waals surface area contributed by atoms with Gasteiger partial charge in [-0.1, -0.05) is 146 Å². The average Bonchev–Trinajstić information content (AvgIpc) is 3.96. The van der Waals surface area contributed by atoms with Crippen molar-refractivity contribution in [2.24, 2.45) is 0 Å². The van der Waals surface area contributed by atoms with Crippen LogP contribution < -0.4 is 4.90 Å². The van der Waals surface area contributed by atoms with Crippen LogP contribution in [-0.4, -0.2) is 4.57 Å². The highest BCUT2D eigenvalue weighted by Crippen LogP contribution is 2.47. The molecular weight excluding hydrogens is 709 g/mol. The number of para-hydroxylation sites is 6. The predicted octanol–water partition coefficient (Wildman–Crippen LogP) is 15.4. The fourth-order valence-electron chi connectivity index (χ4n) is 9.01. The van der Waals surface area contributed by atoms with Crippen molar-refractivity contribution in [3.05, 3.63) is 206 Å². The van der Waals surface area contributed by atoms with Crippen LogP contribution in [0, 0.1) is 0 Å². The summed E-state index contributed by atoms with van der Waals surface area (Å²) in [6, 6.07) is 73.3. The first-order valence-corrected chi connectivity index (χ1v) is 19.7. The van der Waals surface area contributed by atoms with Crippen LogP contribution in [0.5, 0.6) is 0 Å². The third-order valence-corrected chi connectivity index (χ3v) is 11.6. The summed E-state index contributed by atoms with van der Waals surface area (Å²) in [7, 11) is 0. The molecule has 4 heteroatoms. The molecule has 0 saturated heterocycles. The van der Waals surface area contributed by atoms with Gasteiger partial charge in [-0.25, -0.2) is 0 Å². The number of benzene rings is 9. The summed E-state index contributed by atoms with van der Waals surface area (Å²) in [5.41, 5.74) is 14.5. The van der Waals surface area contributed by atoms with Gasteiger partial charge in [-0.05, 0) is 71.8 Å². The molecule has 0 aliphatic heterocycles. The molecular formula is C54H34N2O2. The largest absolute Gasteiger partial charge is 0.456 e. The monoisotopic (exact) mass is 742 g/mol. The van der Waals surface area contributed by atoms with Crippen molar-refractivity contribution in [1.29, 1.82) is 0 Å². The molecule has 12 aromatic rings. The Morgan fingerprint density at radius 3 is 1.83 bits per heavy atom. The van der Waals surface area contributed by atoms with E-state index in [2.05, 4.69) is 198 Å². The fourth-order valence-corrected chi connectivity index (χ4v) is 9.01. The van der Waals surface area contributed by atoms with Crippen molar-refractivity contribution in [3.8, 4) is 27.9 Å². The van der Waals surface area contributed by atoms with Crippen LogP contribution >= 0.6 is 0 Å². The van der Waals surface area contributed by atoms with Gasteiger partial charge in [0.1, 0.15) is 16.7 Å². The first-order valence-electron chi connectivity index (χ1n) is 19.7. The number of hydrogen-bond acceptors (Lipinski definition) is 3. The molecule has 272 valence electrons. The van der Waals surface area contributed by atoms with Crippen LogP contribution in [0.15, 0.2) is 215 Å². The number of aromatic nitrogens is 1. The Morgan fingerprint density at radius 2 is 0.966 bits per heavy atom. The van der Waals surface area contributed by atoms with Gasteiger partial charge in [-0.15, -0.1) is 0 Å². The van der Waals surface area contributed by atoms with E-state index in [1.165, 1.54) is 10.8 Å². The molecule has 0 fully saturated rings. The highest BCUT2D eigenvalue weighted by Gasteiger charge is 2.24. The van der Waals surface area contributed by atoms with E-state index >= 15 is 0 Å². The second kappa shape index (κ2) is 12.9. The van der Waals surface area contributed by atoms with E-state index in [-0.39, 0.29) is 0 Å². The molecule has 12 rings (SSSR count). The predicted molar refractivity (Wildman–Crippen MR) is 241 cm³/mol. The van der Waals surface area contributed by atoms with Crippen molar-refractivity contribution < 1.29 is 8.83 Å². The van der Waals surface area contributed by atoms with E-state index < -0.39 is 0 Å². The second-order valence-corrected chi connectivity index (χ2v) is 14.9. The van der Waals surface area contributed by atoms with E-state index in [0.717, 1.165) is 99.9 Å². The van der Waals surface area contributed by atoms with Crippen molar-refractivity contribution in [2.45, 2.75) is 0 Å². The van der Waals surface area contributed by atoms with Gasteiger partial charge in [0.25, 0.3) is 0 Å². The van der Waals surface area contributed by atoms with Gasteiger partial charge in [0.05, 0.1) is 28.1 Å². The van der Waals surface area contributed by atoms with Crippen LogP contribution in [0.25, 0.3) is 93.6 Å². The number of furan rings is 2. The molecule has 0 atom stereocenters. The fraction of sp³-hybridized carbons (Fsp3) is 0. The van der Waals surface area contributed by atoms with Crippen LogP contribution in [-0.2, 0) is 0 Å². The standard InChI is InChI=1S/C54H34N2O2/c1-2-15-35(16-3-1)38-17-4-9-23-46(38)55(49-26-14-22-44-42-20-7-13-28-52(42)58-54(44)49)37-30-31-41-40-19-6-11-25-48(40)56(50(41)34-37)47-24-10-5-18-39(47)36-29-32-53-45(33-36)43-21-8-12-27-51(43)57-53/h1-34H. The maximum atomic E-state index is 6.74. The Balaban J connectivity index is 1.13. The van der Waals surface area contributed by atoms with Crippen LogP contribution in [0.4, 0.5) is 17.1 Å². The lowest BCUT2D eigenvalue weighted by Gasteiger charge is -2.28. The third-order valence-electron chi connectivity index (χ3n) is 11.6. The van der Waals surface area contributed by atoms with Crippen LogP contribution in [0.3, 0.4) is 0 Å². The molecule has 0 N–H and O–H groups in total. The van der Waals surface area contributed by atoms with Gasteiger partial charge >= 0.3 is 0 Å². The molecule has 0 radical (unpaired) electrons. The number of fused-ring (bicyclic) bond motifs is 9. The Morgan fingerprint density at radius 1 is 0.345 bits per heavy atom. The number of hydrogen-bond donors (Lipinski definition) is 0. The topological polar surface area (TPSA) is 34.5 Å². The Bertz CT molecular complexity index is 3530. The van der Waals surface area contributed by atoms with E-state index in [1.807, 2.05) is 18.2 Å². The average molecular weight is 743 g/mol. The first-order chi connectivity index (χ1) is 28.8. The Kier molecular flexibility index (Phi) is 7.20. The lowest BCUT2D eigenvalue weighted by atomic mass is 10.0. The van der Waals surface area contributed by atoms with Gasteiger partial charge in [-0.2, -0.15) is 0 Å². The summed E-state index contributed by atoms with van der Waals surface area (Å²) in [5, 5.41) is 6.80. The number of nitrogens with zero attached hydrogens (tertiary/aromatic N) is 2. The molecule has 0 unspecified atom stereocenters. The minimum Gasteiger partial charge on any atom is -0.456 e. The van der Waals surface area contributed by atoms with Crippen molar-refractivity contribution in [3.63, 3.8) is 0 Å². The van der Waals surface area contributed by atoms with Crippen molar-refractivity contribution in [2.75, 3.05) is 4.90 Å². The molecule has 0 saturated carbocycles. The highest BCUT2D eigenvalue weighted by atomic mass is 16.3. The van der Waals surface area contributed by atoms with E-state index in [1.54, 1.807) is 0 Å². The van der Waals surface area contributed by atoms with Crippen LogP contribution in [0.1, 0.15) is 0 Å². The molecule has 0 bridgehead atoms. The van der Waals surface area contributed by atoms with E-state index in [4.69, 9.17) is 8.83 Å². The summed E-state index contributed by atoms with van der Waals surface area (Å²) in [6.45, 7) is 0. The molecule has 9 aromatic carbocycles. The summed E-state index contributed by atoms with van der Waals surface area (Å²) in [6.07, 6.45) is 0. The first kappa shape index (κ1) is 32.4. The SMILES string of the molecule is c1ccc(-c2ccccc2N(c2ccc3c4ccccc4n(-c4ccccc4-c4ccc5oc6ccccc6c5c4)c3c2)c2cccc3c2oc2ccccc23)cc1.